The third kappa shape index (κ3) is 5.38. The Morgan fingerprint density at radius 1 is 1.29 bits per heavy atom. The van der Waals surface area contributed by atoms with Gasteiger partial charge < -0.3 is 16.4 Å². The maximum absolute atomic E-state index is 12.2. The number of hydrogen-bond donors (Lipinski definition) is 3. The molecule has 1 saturated carbocycles. The maximum atomic E-state index is 12.2. The van der Waals surface area contributed by atoms with E-state index in [4.69, 9.17) is 5.73 Å². The topological polar surface area (TPSA) is 84.2 Å². The Bertz CT molecular complexity index is 453. The maximum Gasteiger partial charge on any atom is 0.312 e. The van der Waals surface area contributed by atoms with Crippen molar-refractivity contribution < 1.29 is 9.59 Å². The van der Waals surface area contributed by atoms with E-state index in [2.05, 4.69) is 10.6 Å². The van der Waals surface area contributed by atoms with Crippen molar-refractivity contribution in [3.05, 3.63) is 22.4 Å². The molecule has 1 heterocycles. The van der Waals surface area contributed by atoms with E-state index in [-0.39, 0.29) is 24.4 Å². The van der Waals surface area contributed by atoms with E-state index in [1.54, 1.807) is 0 Å². The summed E-state index contributed by atoms with van der Waals surface area (Å²) in [5, 5.41) is 7.67. The smallest absolute Gasteiger partial charge is 0.312 e. The monoisotopic (exact) mass is 309 g/mol. The molecule has 0 spiro atoms. The fourth-order valence-corrected chi connectivity index (χ4v) is 3.56. The first-order chi connectivity index (χ1) is 10.1. The van der Waals surface area contributed by atoms with Gasteiger partial charge in [0.15, 0.2) is 0 Å². The first-order valence-corrected chi connectivity index (χ1v) is 8.42. The molecule has 0 aliphatic heterocycles. The van der Waals surface area contributed by atoms with Gasteiger partial charge in [-0.05, 0) is 24.3 Å². The molecule has 0 aromatic carbocycles. The summed E-state index contributed by atoms with van der Waals surface area (Å²) < 4.78 is 0. The van der Waals surface area contributed by atoms with Crippen molar-refractivity contribution >= 4 is 23.3 Å². The van der Waals surface area contributed by atoms with Crippen LogP contribution in [0.2, 0.25) is 0 Å². The highest BCUT2D eigenvalue weighted by Gasteiger charge is 2.21. The summed E-state index contributed by atoms with van der Waals surface area (Å²) >= 11 is 1.51. The number of amides is 3. The Morgan fingerprint density at radius 2 is 2.00 bits per heavy atom. The van der Waals surface area contributed by atoms with Crippen molar-refractivity contribution in [3.8, 4) is 0 Å². The molecule has 0 bridgehead atoms. The fourth-order valence-electron chi connectivity index (χ4n) is 2.78. The summed E-state index contributed by atoms with van der Waals surface area (Å²) in [6.45, 7) is 0. The Morgan fingerprint density at radius 3 is 2.57 bits per heavy atom. The average Bonchev–Trinajstić information content (AvgIpc) is 2.84. The predicted octanol–water partition coefficient (Wildman–Crippen LogP) is 2.69. The summed E-state index contributed by atoms with van der Waals surface area (Å²) in [5.41, 5.74) is 5.20. The summed E-state index contributed by atoms with van der Waals surface area (Å²) in [4.78, 5) is 24.3. The molecule has 0 saturated heterocycles. The van der Waals surface area contributed by atoms with Crippen LogP contribution in [0.5, 0.6) is 0 Å². The molecule has 21 heavy (non-hydrogen) atoms. The molecule has 116 valence electrons. The van der Waals surface area contributed by atoms with Crippen LogP contribution in [-0.2, 0) is 4.79 Å². The number of carbonyl (C=O) groups is 2. The molecule has 6 heteroatoms. The fraction of sp³-hybridized carbons (Fsp3) is 0.600. The van der Waals surface area contributed by atoms with Crippen LogP contribution in [0.15, 0.2) is 17.5 Å². The number of thiophene rings is 1. The van der Waals surface area contributed by atoms with E-state index in [1.807, 2.05) is 17.5 Å². The molecule has 1 aromatic rings. The van der Waals surface area contributed by atoms with Crippen molar-refractivity contribution in [3.63, 3.8) is 0 Å². The molecule has 1 atom stereocenters. The van der Waals surface area contributed by atoms with Crippen LogP contribution >= 0.6 is 11.3 Å². The quantitative estimate of drug-likeness (QED) is 0.731. The average molecular weight is 309 g/mol. The Kier molecular flexibility index (Phi) is 6.04. The number of hydrogen-bond acceptors (Lipinski definition) is 3. The second kappa shape index (κ2) is 8.02. The number of rotatable bonds is 5. The lowest BCUT2D eigenvalue weighted by atomic mass is 10.1. The van der Waals surface area contributed by atoms with Crippen LogP contribution in [0.1, 0.15) is 55.9 Å². The number of nitrogens with two attached hydrogens (primary N) is 1. The molecular weight excluding hydrogens is 286 g/mol. The van der Waals surface area contributed by atoms with Gasteiger partial charge in [0.1, 0.15) is 0 Å². The van der Waals surface area contributed by atoms with Gasteiger partial charge in [0, 0.05) is 10.9 Å². The van der Waals surface area contributed by atoms with Gasteiger partial charge in [-0.25, -0.2) is 4.79 Å². The van der Waals surface area contributed by atoms with Gasteiger partial charge in [-0.15, -0.1) is 11.3 Å². The second-order valence-corrected chi connectivity index (χ2v) is 6.52. The summed E-state index contributed by atoms with van der Waals surface area (Å²) in [5.74, 6) is -0.0194. The molecule has 1 aromatic heterocycles. The molecule has 1 aliphatic rings. The third-order valence-corrected chi connectivity index (χ3v) is 4.80. The Balaban J connectivity index is 1.89. The van der Waals surface area contributed by atoms with Gasteiger partial charge in [0.05, 0.1) is 12.5 Å². The summed E-state index contributed by atoms with van der Waals surface area (Å²) in [6, 6.07) is 3.14. The minimum absolute atomic E-state index is 0.0194. The van der Waals surface area contributed by atoms with E-state index in [0.29, 0.717) is 0 Å². The highest BCUT2D eigenvalue weighted by molar-refractivity contribution is 7.10. The van der Waals surface area contributed by atoms with Crippen molar-refractivity contribution in [1.29, 1.82) is 0 Å². The SMILES string of the molecule is NC(=O)N[C@@H](CC(=O)NC1CCCCCC1)c1cccs1. The van der Waals surface area contributed by atoms with Crippen LogP contribution in [0.3, 0.4) is 0 Å². The van der Waals surface area contributed by atoms with Crippen LogP contribution in [0, 0.1) is 0 Å². The summed E-state index contributed by atoms with van der Waals surface area (Å²) in [6.07, 6.45) is 7.22. The molecule has 0 radical (unpaired) electrons. The molecule has 0 unspecified atom stereocenters. The molecular formula is C15H23N3O2S. The van der Waals surface area contributed by atoms with Crippen LogP contribution in [-0.4, -0.2) is 18.0 Å². The predicted molar refractivity (Wildman–Crippen MR) is 84.0 cm³/mol. The van der Waals surface area contributed by atoms with Crippen molar-refractivity contribution in [2.24, 2.45) is 5.73 Å². The lowest BCUT2D eigenvalue weighted by molar-refractivity contribution is -0.122. The Hall–Kier alpha value is -1.56. The van der Waals surface area contributed by atoms with Gasteiger partial charge in [-0.3, -0.25) is 4.79 Å². The van der Waals surface area contributed by atoms with E-state index in [0.717, 1.165) is 17.7 Å². The molecule has 1 fully saturated rings. The number of primary amides is 1. The zero-order chi connectivity index (χ0) is 15.1. The van der Waals surface area contributed by atoms with Crippen molar-refractivity contribution in [1.82, 2.24) is 10.6 Å². The highest BCUT2D eigenvalue weighted by atomic mass is 32.1. The molecule has 1 aliphatic carbocycles. The molecule has 2 rings (SSSR count). The van der Waals surface area contributed by atoms with E-state index in [9.17, 15) is 9.59 Å². The minimum atomic E-state index is -0.601. The molecule has 3 amide bonds. The number of urea groups is 1. The molecule has 4 N–H and O–H groups in total. The number of carbonyl (C=O) groups excluding carboxylic acids is 2. The molecule has 5 nitrogen and oxygen atoms in total. The summed E-state index contributed by atoms with van der Waals surface area (Å²) in [7, 11) is 0. The zero-order valence-corrected chi connectivity index (χ0v) is 13.0. The van der Waals surface area contributed by atoms with Crippen molar-refractivity contribution in [2.45, 2.75) is 57.0 Å². The minimum Gasteiger partial charge on any atom is -0.353 e. The van der Waals surface area contributed by atoms with Crippen LogP contribution < -0.4 is 16.4 Å². The number of nitrogens with one attached hydrogen (secondary N) is 2. The van der Waals surface area contributed by atoms with E-state index in [1.165, 1.54) is 37.0 Å². The first-order valence-electron chi connectivity index (χ1n) is 7.54. The van der Waals surface area contributed by atoms with Crippen LogP contribution in [0.4, 0.5) is 4.79 Å². The Labute approximate surface area is 129 Å². The van der Waals surface area contributed by atoms with Crippen LogP contribution in [0.25, 0.3) is 0 Å². The standard InChI is InChI=1S/C15H23N3O2S/c16-15(20)18-12(13-8-5-9-21-13)10-14(19)17-11-6-3-1-2-4-7-11/h5,8-9,11-12H,1-4,6-7,10H2,(H,17,19)(H3,16,18,20)/t12-/m0/s1. The largest absolute Gasteiger partial charge is 0.353 e. The van der Waals surface area contributed by atoms with Gasteiger partial charge in [0.2, 0.25) is 5.91 Å². The normalized spacial score (nSPS) is 17.7. The zero-order valence-electron chi connectivity index (χ0n) is 12.1. The van der Waals surface area contributed by atoms with E-state index >= 15 is 0 Å². The van der Waals surface area contributed by atoms with Gasteiger partial charge in [-0.2, -0.15) is 0 Å². The van der Waals surface area contributed by atoms with Gasteiger partial charge >= 0.3 is 6.03 Å². The lowest BCUT2D eigenvalue weighted by Crippen LogP contribution is -2.39. The third-order valence-electron chi connectivity index (χ3n) is 3.81. The lowest BCUT2D eigenvalue weighted by Gasteiger charge is -2.20. The second-order valence-electron chi connectivity index (χ2n) is 5.54. The highest BCUT2D eigenvalue weighted by Crippen LogP contribution is 2.23. The van der Waals surface area contributed by atoms with E-state index < -0.39 is 6.03 Å². The van der Waals surface area contributed by atoms with Gasteiger partial charge in [-0.1, -0.05) is 31.7 Å². The van der Waals surface area contributed by atoms with Gasteiger partial charge in [0.25, 0.3) is 0 Å². The first kappa shape index (κ1) is 15.8. The van der Waals surface area contributed by atoms with Crippen molar-refractivity contribution in [2.75, 3.05) is 0 Å².